The van der Waals surface area contributed by atoms with Gasteiger partial charge in [0, 0.05) is 0 Å². The van der Waals surface area contributed by atoms with Crippen LogP contribution in [0.1, 0.15) is 142 Å². The van der Waals surface area contributed by atoms with E-state index in [9.17, 15) is 4.79 Å². The largest absolute Gasteiger partial charge is 0.318 e. The van der Waals surface area contributed by atoms with Gasteiger partial charge in [0.1, 0.15) is 0 Å². The Hall–Kier alpha value is -0.610. The first-order valence-electron chi connectivity index (χ1n) is 13.9. The summed E-state index contributed by atoms with van der Waals surface area (Å²) in [5.74, 6) is 5.35. The van der Waals surface area contributed by atoms with E-state index >= 15 is 0 Å². The Morgan fingerprint density at radius 1 is 0.581 bits per heavy atom. The van der Waals surface area contributed by atoms with Crippen molar-refractivity contribution < 1.29 is 9.28 Å². The summed E-state index contributed by atoms with van der Waals surface area (Å²) in [5, 5.41) is 0. The van der Waals surface area contributed by atoms with Gasteiger partial charge in [-0.25, -0.2) is 5.84 Å². The van der Waals surface area contributed by atoms with Crippen molar-refractivity contribution in [1.82, 2.24) is 5.43 Å². The van der Waals surface area contributed by atoms with E-state index in [-0.39, 0.29) is 5.91 Å². The number of hydrazine groups is 1. The van der Waals surface area contributed by atoms with Crippen LogP contribution in [-0.2, 0) is 4.79 Å². The molecular weight excluding hydrogens is 382 g/mol. The molecule has 0 fully saturated rings. The van der Waals surface area contributed by atoms with Gasteiger partial charge in [-0.15, -0.1) is 0 Å². The predicted octanol–water partition coefficient (Wildman–Crippen LogP) is 7.26. The van der Waals surface area contributed by atoms with Crippen molar-refractivity contribution in [2.45, 2.75) is 142 Å². The lowest BCUT2D eigenvalue weighted by Gasteiger charge is -2.34. The van der Waals surface area contributed by atoms with Crippen molar-refractivity contribution in [2.75, 3.05) is 26.7 Å². The third kappa shape index (κ3) is 21.0. The number of nitrogens with one attached hydrogen (secondary N) is 1. The lowest BCUT2D eigenvalue weighted by Crippen LogP contribution is -2.52. The maximum atomic E-state index is 11.9. The number of carbonyl (C=O) groups is 1. The van der Waals surface area contributed by atoms with E-state index in [2.05, 4.69) is 26.3 Å². The van der Waals surface area contributed by atoms with Crippen LogP contribution < -0.4 is 11.3 Å². The molecule has 1 amide bonds. The molecule has 4 nitrogen and oxygen atoms in total. The molecule has 0 saturated heterocycles. The van der Waals surface area contributed by atoms with Crippen LogP contribution in [0.3, 0.4) is 0 Å². The minimum absolute atomic E-state index is 0.0262. The number of amides is 1. The van der Waals surface area contributed by atoms with Crippen molar-refractivity contribution in [3.63, 3.8) is 0 Å². The standard InChI is InChI=1S/C27H57N3O/c1-4-6-8-10-12-14-16-18-20-22-24-30(3,26-27(31)29-28)25-23-21-19-17-15-13-11-9-7-5-2/h4-26,28H2,1-3H3/p+1. The van der Waals surface area contributed by atoms with E-state index in [1.54, 1.807) is 0 Å². The molecule has 0 aromatic heterocycles. The van der Waals surface area contributed by atoms with Crippen LogP contribution >= 0.6 is 0 Å². The zero-order valence-electron chi connectivity index (χ0n) is 21.7. The molecule has 0 heterocycles. The monoisotopic (exact) mass is 440 g/mol. The van der Waals surface area contributed by atoms with Gasteiger partial charge in [-0.1, -0.05) is 117 Å². The summed E-state index contributed by atoms with van der Waals surface area (Å²) in [6.45, 7) is 7.27. The van der Waals surface area contributed by atoms with Crippen molar-refractivity contribution in [2.24, 2.45) is 5.84 Å². The average molecular weight is 441 g/mol. The van der Waals surface area contributed by atoms with Crippen molar-refractivity contribution in [3.8, 4) is 0 Å². The van der Waals surface area contributed by atoms with Gasteiger partial charge in [0.25, 0.3) is 5.91 Å². The number of hydrogen-bond donors (Lipinski definition) is 2. The molecule has 3 N–H and O–H groups in total. The lowest BCUT2D eigenvalue weighted by atomic mass is 10.1. The zero-order chi connectivity index (χ0) is 23.0. The molecule has 0 aromatic rings. The summed E-state index contributed by atoms with van der Waals surface area (Å²) >= 11 is 0. The topological polar surface area (TPSA) is 55.1 Å². The average Bonchev–Trinajstić information content (AvgIpc) is 2.76. The molecule has 31 heavy (non-hydrogen) atoms. The molecule has 0 aliphatic heterocycles. The number of hydrogen-bond acceptors (Lipinski definition) is 2. The molecule has 186 valence electrons. The molecule has 0 saturated carbocycles. The van der Waals surface area contributed by atoms with E-state index in [0.29, 0.717) is 6.54 Å². The molecule has 0 atom stereocenters. The zero-order valence-corrected chi connectivity index (χ0v) is 21.7. The van der Waals surface area contributed by atoms with Gasteiger partial charge in [0.05, 0.1) is 20.1 Å². The molecule has 0 radical (unpaired) electrons. The van der Waals surface area contributed by atoms with Gasteiger partial charge in [0.2, 0.25) is 0 Å². The molecule has 0 rings (SSSR count). The van der Waals surface area contributed by atoms with Gasteiger partial charge in [0.15, 0.2) is 6.54 Å². The van der Waals surface area contributed by atoms with Crippen LogP contribution in [0.5, 0.6) is 0 Å². The Labute approximate surface area is 195 Å². The SMILES string of the molecule is CCCCCCCCCCCC[N+](C)(CCCCCCCCCCCC)CC(=O)NN. The Bertz CT molecular complexity index is 363. The minimum atomic E-state index is -0.0262. The second-order valence-corrected chi connectivity index (χ2v) is 10.2. The van der Waals surface area contributed by atoms with Crippen LogP contribution in [0.25, 0.3) is 0 Å². The first-order valence-corrected chi connectivity index (χ1v) is 13.9. The molecule has 0 aliphatic rings. The number of nitrogens with zero attached hydrogens (tertiary/aromatic N) is 1. The fraction of sp³-hybridized carbons (Fsp3) is 0.963. The van der Waals surface area contributed by atoms with Crippen LogP contribution in [-0.4, -0.2) is 37.1 Å². The van der Waals surface area contributed by atoms with Gasteiger partial charge in [-0.2, -0.15) is 0 Å². The van der Waals surface area contributed by atoms with E-state index in [4.69, 9.17) is 5.84 Å². The Morgan fingerprint density at radius 3 is 1.16 bits per heavy atom. The number of likely N-dealkylation sites (N-methyl/N-ethyl adjacent to an activating group) is 1. The normalized spacial score (nSPS) is 11.7. The first-order chi connectivity index (χ1) is 15.1. The number of nitrogens with two attached hydrogens (primary N) is 1. The molecule has 0 aliphatic carbocycles. The highest BCUT2D eigenvalue weighted by Crippen LogP contribution is 2.15. The van der Waals surface area contributed by atoms with Crippen LogP contribution in [0.4, 0.5) is 0 Å². The summed E-state index contributed by atoms with van der Waals surface area (Å²) in [6.07, 6.45) is 27.2. The van der Waals surface area contributed by atoms with Crippen molar-refractivity contribution >= 4 is 5.91 Å². The fourth-order valence-corrected chi connectivity index (χ4v) is 4.62. The van der Waals surface area contributed by atoms with E-state index < -0.39 is 0 Å². The summed E-state index contributed by atoms with van der Waals surface area (Å²) in [6, 6.07) is 0. The highest BCUT2D eigenvalue weighted by Gasteiger charge is 2.24. The number of rotatable bonds is 24. The van der Waals surface area contributed by atoms with Crippen molar-refractivity contribution in [1.29, 1.82) is 0 Å². The van der Waals surface area contributed by atoms with Gasteiger partial charge in [-0.05, 0) is 25.7 Å². The quantitative estimate of drug-likeness (QED) is 0.0545. The summed E-state index contributed by atoms with van der Waals surface area (Å²) < 4.78 is 0.844. The molecule has 0 aromatic carbocycles. The number of unbranched alkanes of at least 4 members (excludes halogenated alkanes) is 18. The van der Waals surface area contributed by atoms with E-state index in [1.807, 2.05) is 0 Å². The molecule has 4 heteroatoms. The third-order valence-electron chi connectivity index (χ3n) is 6.79. The van der Waals surface area contributed by atoms with Gasteiger partial charge < -0.3 is 4.48 Å². The highest BCUT2D eigenvalue weighted by molar-refractivity contribution is 5.76. The smallest absolute Gasteiger partial charge is 0.289 e. The van der Waals surface area contributed by atoms with Gasteiger partial charge >= 0.3 is 0 Å². The highest BCUT2D eigenvalue weighted by atomic mass is 16.2. The summed E-state index contributed by atoms with van der Waals surface area (Å²) in [4.78, 5) is 11.9. The number of quaternary nitrogens is 1. The summed E-state index contributed by atoms with van der Waals surface area (Å²) in [5.41, 5.74) is 2.34. The van der Waals surface area contributed by atoms with Crippen LogP contribution in [0, 0.1) is 0 Å². The van der Waals surface area contributed by atoms with Crippen LogP contribution in [0.2, 0.25) is 0 Å². The molecule has 0 unspecified atom stereocenters. The second-order valence-electron chi connectivity index (χ2n) is 10.2. The lowest BCUT2D eigenvalue weighted by molar-refractivity contribution is -0.902. The Morgan fingerprint density at radius 2 is 0.871 bits per heavy atom. The summed E-state index contributed by atoms with van der Waals surface area (Å²) in [7, 11) is 2.25. The minimum Gasteiger partial charge on any atom is -0.318 e. The maximum absolute atomic E-state index is 11.9. The Kier molecular flexibility index (Phi) is 22.1. The van der Waals surface area contributed by atoms with E-state index in [0.717, 1.165) is 17.6 Å². The molecule has 0 spiro atoms. The van der Waals surface area contributed by atoms with Crippen LogP contribution in [0.15, 0.2) is 0 Å². The van der Waals surface area contributed by atoms with Gasteiger partial charge in [-0.3, -0.25) is 10.2 Å². The Balaban J connectivity index is 3.88. The first kappa shape index (κ1) is 30.4. The number of carbonyl (C=O) groups excluding carboxylic acids is 1. The molecule has 0 bridgehead atoms. The second kappa shape index (κ2) is 22.6. The van der Waals surface area contributed by atoms with Crippen molar-refractivity contribution in [3.05, 3.63) is 0 Å². The fourth-order valence-electron chi connectivity index (χ4n) is 4.62. The maximum Gasteiger partial charge on any atom is 0.289 e. The predicted molar refractivity (Wildman–Crippen MR) is 137 cm³/mol. The molecular formula is C27H58N3O+. The third-order valence-corrected chi connectivity index (χ3v) is 6.79. The van der Waals surface area contributed by atoms with E-state index in [1.165, 1.54) is 128 Å².